The third-order valence-electron chi connectivity index (χ3n) is 3.22. The second-order valence-electron chi connectivity index (χ2n) is 4.32. The van der Waals surface area contributed by atoms with E-state index >= 15 is 0 Å². The highest BCUT2D eigenvalue weighted by Crippen LogP contribution is 2.33. The topological polar surface area (TPSA) is 20.2 Å². The zero-order chi connectivity index (χ0) is 9.68. The van der Waals surface area contributed by atoms with Crippen LogP contribution < -0.4 is 0 Å². The molecule has 3 unspecified atom stereocenters. The molecule has 0 spiro atoms. The fourth-order valence-corrected chi connectivity index (χ4v) is 2.48. The molecule has 0 aromatic carbocycles. The molecule has 1 fully saturated rings. The molecule has 0 heterocycles. The van der Waals surface area contributed by atoms with Crippen LogP contribution in [0.15, 0.2) is 12.7 Å². The van der Waals surface area contributed by atoms with Gasteiger partial charge in [-0.3, -0.25) is 0 Å². The van der Waals surface area contributed by atoms with Crippen LogP contribution in [0.2, 0.25) is 0 Å². The zero-order valence-corrected chi connectivity index (χ0v) is 8.71. The lowest BCUT2D eigenvalue weighted by atomic mass is 9.76. The van der Waals surface area contributed by atoms with Gasteiger partial charge in [0.05, 0.1) is 6.10 Å². The van der Waals surface area contributed by atoms with Crippen molar-refractivity contribution in [1.29, 1.82) is 0 Å². The molecule has 0 saturated heterocycles. The molecule has 0 bridgehead atoms. The molecule has 1 nitrogen and oxygen atoms in total. The van der Waals surface area contributed by atoms with Crippen molar-refractivity contribution in [1.82, 2.24) is 0 Å². The van der Waals surface area contributed by atoms with E-state index in [-0.39, 0.29) is 6.10 Å². The van der Waals surface area contributed by atoms with Crippen molar-refractivity contribution in [3.05, 3.63) is 12.7 Å². The van der Waals surface area contributed by atoms with Crippen LogP contribution >= 0.6 is 0 Å². The van der Waals surface area contributed by atoms with Crippen molar-refractivity contribution in [2.45, 2.75) is 51.6 Å². The molecular weight excluding hydrogens is 160 g/mol. The maximum absolute atomic E-state index is 9.74. The fourth-order valence-electron chi connectivity index (χ4n) is 2.48. The first-order valence-electron chi connectivity index (χ1n) is 5.56. The van der Waals surface area contributed by atoms with Crippen LogP contribution in [-0.4, -0.2) is 11.2 Å². The van der Waals surface area contributed by atoms with E-state index < -0.39 is 0 Å². The molecule has 0 radical (unpaired) electrons. The van der Waals surface area contributed by atoms with Crippen LogP contribution in [0.25, 0.3) is 0 Å². The third-order valence-corrected chi connectivity index (χ3v) is 3.22. The molecule has 0 amide bonds. The van der Waals surface area contributed by atoms with Gasteiger partial charge in [0.2, 0.25) is 0 Å². The molecule has 1 rings (SSSR count). The number of rotatable bonds is 4. The highest BCUT2D eigenvalue weighted by Gasteiger charge is 2.27. The van der Waals surface area contributed by atoms with Crippen molar-refractivity contribution < 1.29 is 5.11 Å². The zero-order valence-electron chi connectivity index (χ0n) is 8.71. The van der Waals surface area contributed by atoms with Crippen LogP contribution in [0.3, 0.4) is 0 Å². The average molecular weight is 182 g/mol. The summed E-state index contributed by atoms with van der Waals surface area (Å²) in [6, 6.07) is 0. The summed E-state index contributed by atoms with van der Waals surface area (Å²) in [5.41, 5.74) is 0. The van der Waals surface area contributed by atoms with Gasteiger partial charge in [-0.25, -0.2) is 0 Å². The first kappa shape index (κ1) is 10.8. The van der Waals surface area contributed by atoms with Crippen LogP contribution in [0.4, 0.5) is 0 Å². The van der Waals surface area contributed by atoms with E-state index in [2.05, 4.69) is 13.5 Å². The first-order chi connectivity index (χ1) is 6.27. The van der Waals surface area contributed by atoms with E-state index in [4.69, 9.17) is 0 Å². The SMILES string of the molecule is C=CCC1CC(CCC)CCC1O. The third kappa shape index (κ3) is 3.15. The molecule has 1 heteroatoms. The van der Waals surface area contributed by atoms with E-state index in [0.29, 0.717) is 5.92 Å². The molecule has 3 atom stereocenters. The summed E-state index contributed by atoms with van der Waals surface area (Å²) in [5, 5.41) is 9.74. The Balaban J connectivity index is 2.37. The minimum atomic E-state index is -0.0638. The molecule has 1 aliphatic rings. The minimum Gasteiger partial charge on any atom is -0.393 e. The van der Waals surface area contributed by atoms with Crippen molar-refractivity contribution in [3.8, 4) is 0 Å². The molecule has 1 N–H and O–H groups in total. The van der Waals surface area contributed by atoms with Gasteiger partial charge in [0.1, 0.15) is 0 Å². The van der Waals surface area contributed by atoms with E-state index in [1.54, 1.807) is 0 Å². The van der Waals surface area contributed by atoms with Crippen LogP contribution in [0.5, 0.6) is 0 Å². The summed E-state index contributed by atoms with van der Waals surface area (Å²) in [6.45, 7) is 5.99. The fraction of sp³-hybridized carbons (Fsp3) is 0.833. The summed E-state index contributed by atoms with van der Waals surface area (Å²) < 4.78 is 0. The van der Waals surface area contributed by atoms with Gasteiger partial charge in [-0.2, -0.15) is 0 Å². The van der Waals surface area contributed by atoms with Gasteiger partial charge < -0.3 is 5.11 Å². The van der Waals surface area contributed by atoms with Gasteiger partial charge in [0.15, 0.2) is 0 Å². The van der Waals surface area contributed by atoms with E-state index in [0.717, 1.165) is 18.8 Å². The van der Waals surface area contributed by atoms with Gasteiger partial charge in [0.25, 0.3) is 0 Å². The molecule has 1 saturated carbocycles. The van der Waals surface area contributed by atoms with Gasteiger partial charge >= 0.3 is 0 Å². The van der Waals surface area contributed by atoms with Crippen LogP contribution in [-0.2, 0) is 0 Å². The Bertz CT molecular complexity index is 153. The molecule has 0 aromatic heterocycles. The Morgan fingerprint density at radius 2 is 2.23 bits per heavy atom. The van der Waals surface area contributed by atoms with Crippen molar-refractivity contribution in [3.63, 3.8) is 0 Å². The highest BCUT2D eigenvalue weighted by molar-refractivity contribution is 4.84. The summed E-state index contributed by atoms with van der Waals surface area (Å²) in [7, 11) is 0. The summed E-state index contributed by atoms with van der Waals surface area (Å²) in [4.78, 5) is 0. The Morgan fingerprint density at radius 1 is 1.46 bits per heavy atom. The van der Waals surface area contributed by atoms with E-state index in [1.807, 2.05) is 6.08 Å². The molecule has 13 heavy (non-hydrogen) atoms. The predicted octanol–water partition coefficient (Wildman–Crippen LogP) is 3.14. The van der Waals surface area contributed by atoms with E-state index in [1.165, 1.54) is 25.7 Å². The number of hydrogen-bond donors (Lipinski definition) is 1. The Hall–Kier alpha value is -0.300. The van der Waals surface area contributed by atoms with Crippen molar-refractivity contribution >= 4 is 0 Å². The second-order valence-corrected chi connectivity index (χ2v) is 4.32. The summed E-state index contributed by atoms with van der Waals surface area (Å²) in [5.74, 6) is 1.35. The van der Waals surface area contributed by atoms with E-state index in [9.17, 15) is 5.11 Å². The average Bonchev–Trinajstić information content (AvgIpc) is 2.12. The maximum atomic E-state index is 9.74. The Morgan fingerprint density at radius 3 is 2.85 bits per heavy atom. The number of hydrogen-bond acceptors (Lipinski definition) is 1. The predicted molar refractivity (Wildman–Crippen MR) is 56.6 cm³/mol. The normalized spacial score (nSPS) is 34.5. The van der Waals surface area contributed by atoms with Crippen molar-refractivity contribution in [2.75, 3.05) is 0 Å². The second kappa shape index (κ2) is 5.43. The number of aliphatic hydroxyl groups is 1. The molecular formula is C12H22O. The first-order valence-corrected chi connectivity index (χ1v) is 5.56. The van der Waals surface area contributed by atoms with Gasteiger partial charge in [0, 0.05) is 0 Å². The number of aliphatic hydroxyl groups excluding tert-OH is 1. The summed E-state index contributed by atoms with van der Waals surface area (Å²) >= 11 is 0. The van der Waals surface area contributed by atoms with Gasteiger partial charge in [-0.15, -0.1) is 6.58 Å². The number of allylic oxidation sites excluding steroid dienone is 1. The lowest BCUT2D eigenvalue weighted by Crippen LogP contribution is -2.28. The Labute approximate surface area is 81.9 Å². The molecule has 1 aliphatic carbocycles. The highest BCUT2D eigenvalue weighted by atomic mass is 16.3. The standard InChI is InChI=1S/C12H22O/c1-3-5-10-7-8-12(13)11(9-10)6-4-2/h4,10-13H,2-3,5-9H2,1H3. The van der Waals surface area contributed by atoms with Crippen LogP contribution in [0, 0.1) is 11.8 Å². The quantitative estimate of drug-likeness (QED) is 0.662. The maximum Gasteiger partial charge on any atom is 0.0571 e. The minimum absolute atomic E-state index is 0.0638. The molecule has 0 aliphatic heterocycles. The largest absolute Gasteiger partial charge is 0.393 e. The summed E-state index contributed by atoms with van der Waals surface area (Å²) in [6.07, 6.45) is 8.92. The van der Waals surface area contributed by atoms with Crippen molar-refractivity contribution in [2.24, 2.45) is 11.8 Å². The molecule has 0 aromatic rings. The Kier molecular flexibility index (Phi) is 4.51. The van der Waals surface area contributed by atoms with Gasteiger partial charge in [-0.1, -0.05) is 25.8 Å². The molecule has 76 valence electrons. The lowest BCUT2D eigenvalue weighted by molar-refractivity contribution is 0.0476. The lowest BCUT2D eigenvalue weighted by Gasteiger charge is -2.32. The smallest absolute Gasteiger partial charge is 0.0571 e. The van der Waals surface area contributed by atoms with Gasteiger partial charge in [-0.05, 0) is 37.5 Å². The monoisotopic (exact) mass is 182 g/mol. The van der Waals surface area contributed by atoms with Crippen LogP contribution in [0.1, 0.15) is 45.4 Å².